The average molecular weight is 192 g/mol. The van der Waals surface area contributed by atoms with Gasteiger partial charge in [-0.3, -0.25) is 0 Å². The first-order valence-electron chi connectivity index (χ1n) is 5.15. The fourth-order valence-corrected chi connectivity index (χ4v) is 2.09. The molecule has 0 aromatic heterocycles. The Morgan fingerprint density at radius 2 is 2.29 bits per heavy atom. The van der Waals surface area contributed by atoms with Crippen molar-refractivity contribution in [3.05, 3.63) is 29.8 Å². The average Bonchev–Trinajstić information content (AvgIpc) is 2.27. The van der Waals surface area contributed by atoms with Gasteiger partial charge in [0.25, 0.3) is 0 Å². The van der Waals surface area contributed by atoms with Gasteiger partial charge in [0.1, 0.15) is 5.75 Å². The van der Waals surface area contributed by atoms with Crippen LogP contribution in [0.5, 0.6) is 5.75 Å². The van der Waals surface area contributed by atoms with Gasteiger partial charge in [0.15, 0.2) is 0 Å². The quantitative estimate of drug-likeness (QED) is 0.778. The lowest BCUT2D eigenvalue weighted by Crippen LogP contribution is -2.21. The predicted octanol–water partition coefficient (Wildman–Crippen LogP) is 2.18. The lowest BCUT2D eigenvalue weighted by atomic mass is 9.83. The minimum atomic E-state index is 0.249. The van der Waals surface area contributed by atoms with E-state index < -0.39 is 0 Å². The molecule has 0 saturated heterocycles. The molecule has 1 aliphatic heterocycles. The van der Waals surface area contributed by atoms with Crippen molar-refractivity contribution >= 4 is 0 Å². The zero-order valence-corrected chi connectivity index (χ0v) is 8.44. The van der Waals surface area contributed by atoms with E-state index in [0.717, 1.165) is 18.8 Å². The van der Waals surface area contributed by atoms with E-state index in [1.807, 2.05) is 18.2 Å². The molecule has 2 heteroatoms. The largest absolute Gasteiger partial charge is 0.493 e. The second kappa shape index (κ2) is 4.01. The molecule has 0 aliphatic carbocycles. The Morgan fingerprint density at radius 3 is 3.07 bits per heavy atom. The zero-order valence-electron chi connectivity index (χ0n) is 8.44. The molecular weight excluding hydrogens is 176 g/mol. The summed E-state index contributed by atoms with van der Waals surface area (Å²) in [6.45, 7) is 3.11. The second-order valence-electron chi connectivity index (χ2n) is 3.94. The van der Waals surface area contributed by atoms with Crippen LogP contribution < -0.4 is 4.74 Å². The maximum Gasteiger partial charge on any atom is 0.122 e. The van der Waals surface area contributed by atoms with Gasteiger partial charge in [0.05, 0.1) is 6.61 Å². The molecule has 0 fully saturated rings. The topological polar surface area (TPSA) is 29.5 Å². The first-order chi connectivity index (χ1) is 6.83. The van der Waals surface area contributed by atoms with E-state index in [0.29, 0.717) is 11.8 Å². The number of aliphatic hydroxyl groups excluding tert-OH is 1. The van der Waals surface area contributed by atoms with Gasteiger partial charge in [0.2, 0.25) is 0 Å². The SMILES string of the molecule is C[C@H](CO)C1CCOc2ccccc21. The molecule has 1 N–H and O–H groups in total. The van der Waals surface area contributed by atoms with E-state index in [-0.39, 0.29) is 6.61 Å². The highest BCUT2D eigenvalue weighted by Crippen LogP contribution is 2.37. The van der Waals surface area contributed by atoms with Gasteiger partial charge in [-0.15, -0.1) is 0 Å². The van der Waals surface area contributed by atoms with Crippen LogP contribution in [-0.2, 0) is 0 Å². The molecule has 0 saturated carbocycles. The highest BCUT2D eigenvalue weighted by Gasteiger charge is 2.25. The van der Waals surface area contributed by atoms with Gasteiger partial charge in [0, 0.05) is 6.61 Å². The molecule has 76 valence electrons. The molecule has 1 unspecified atom stereocenters. The Hall–Kier alpha value is -1.02. The Bertz CT molecular complexity index is 309. The van der Waals surface area contributed by atoms with E-state index in [2.05, 4.69) is 13.0 Å². The molecule has 0 radical (unpaired) electrons. The highest BCUT2D eigenvalue weighted by molar-refractivity contribution is 5.38. The summed E-state index contributed by atoms with van der Waals surface area (Å²) in [5.41, 5.74) is 1.25. The van der Waals surface area contributed by atoms with Crippen LogP contribution in [0.25, 0.3) is 0 Å². The molecule has 0 bridgehead atoms. The highest BCUT2D eigenvalue weighted by atomic mass is 16.5. The van der Waals surface area contributed by atoms with Crippen LogP contribution in [0.3, 0.4) is 0 Å². The third-order valence-corrected chi connectivity index (χ3v) is 2.98. The smallest absolute Gasteiger partial charge is 0.122 e. The molecule has 0 spiro atoms. The summed E-state index contributed by atoms with van der Waals surface area (Å²) in [6.07, 6.45) is 1.01. The summed E-state index contributed by atoms with van der Waals surface area (Å²) in [4.78, 5) is 0. The zero-order chi connectivity index (χ0) is 9.97. The Kier molecular flexibility index (Phi) is 2.73. The minimum Gasteiger partial charge on any atom is -0.493 e. The summed E-state index contributed by atoms with van der Waals surface area (Å²) in [7, 11) is 0. The number of fused-ring (bicyclic) bond motifs is 1. The summed E-state index contributed by atoms with van der Waals surface area (Å²) in [6, 6.07) is 8.13. The van der Waals surface area contributed by atoms with Gasteiger partial charge >= 0.3 is 0 Å². The van der Waals surface area contributed by atoms with Gasteiger partial charge < -0.3 is 9.84 Å². The Morgan fingerprint density at radius 1 is 1.50 bits per heavy atom. The van der Waals surface area contributed by atoms with E-state index in [9.17, 15) is 5.11 Å². The van der Waals surface area contributed by atoms with Crippen molar-refractivity contribution < 1.29 is 9.84 Å². The number of benzene rings is 1. The van der Waals surface area contributed by atoms with Crippen molar-refractivity contribution in [1.29, 1.82) is 0 Å². The van der Waals surface area contributed by atoms with Crippen LogP contribution in [0.1, 0.15) is 24.8 Å². The summed E-state index contributed by atoms with van der Waals surface area (Å²) >= 11 is 0. The van der Waals surface area contributed by atoms with E-state index in [1.165, 1.54) is 5.56 Å². The van der Waals surface area contributed by atoms with Gasteiger partial charge in [-0.2, -0.15) is 0 Å². The molecule has 0 amide bonds. The van der Waals surface area contributed by atoms with Crippen molar-refractivity contribution in [2.75, 3.05) is 13.2 Å². The van der Waals surface area contributed by atoms with Gasteiger partial charge in [-0.05, 0) is 29.9 Å². The first kappa shape index (κ1) is 9.53. The number of hydrogen-bond acceptors (Lipinski definition) is 2. The van der Waals surface area contributed by atoms with Crippen LogP contribution in [0.15, 0.2) is 24.3 Å². The fourth-order valence-electron chi connectivity index (χ4n) is 2.09. The standard InChI is InChI=1S/C12H16O2/c1-9(8-13)10-6-7-14-12-5-3-2-4-11(10)12/h2-5,9-10,13H,6-8H2,1H3/t9-,10?/m1/s1. The van der Waals surface area contributed by atoms with Crippen molar-refractivity contribution in [2.45, 2.75) is 19.3 Å². The van der Waals surface area contributed by atoms with Crippen LogP contribution in [0.4, 0.5) is 0 Å². The van der Waals surface area contributed by atoms with Crippen LogP contribution >= 0.6 is 0 Å². The van der Waals surface area contributed by atoms with E-state index in [1.54, 1.807) is 0 Å². The normalized spacial score (nSPS) is 22.3. The Balaban J connectivity index is 2.30. The summed E-state index contributed by atoms with van der Waals surface area (Å²) in [5.74, 6) is 1.76. The molecule has 2 nitrogen and oxygen atoms in total. The molecule has 1 aromatic carbocycles. The molecule has 2 rings (SSSR count). The monoisotopic (exact) mass is 192 g/mol. The summed E-state index contributed by atoms with van der Waals surface area (Å²) in [5, 5.41) is 9.17. The Labute approximate surface area is 84.5 Å². The lowest BCUT2D eigenvalue weighted by molar-refractivity contribution is 0.181. The van der Waals surface area contributed by atoms with Crippen molar-refractivity contribution in [3.8, 4) is 5.75 Å². The molecule has 1 aliphatic rings. The molecule has 1 aromatic rings. The number of para-hydroxylation sites is 1. The van der Waals surface area contributed by atoms with Crippen molar-refractivity contribution in [1.82, 2.24) is 0 Å². The third-order valence-electron chi connectivity index (χ3n) is 2.98. The maximum atomic E-state index is 9.17. The number of rotatable bonds is 2. The van der Waals surface area contributed by atoms with E-state index >= 15 is 0 Å². The molecule has 14 heavy (non-hydrogen) atoms. The summed E-state index contributed by atoms with van der Waals surface area (Å²) < 4.78 is 5.57. The van der Waals surface area contributed by atoms with Crippen molar-refractivity contribution in [2.24, 2.45) is 5.92 Å². The fraction of sp³-hybridized carbons (Fsp3) is 0.500. The minimum absolute atomic E-state index is 0.249. The maximum absolute atomic E-state index is 9.17. The lowest BCUT2D eigenvalue weighted by Gasteiger charge is -2.29. The third kappa shape index (κ3) is 1.62. The second-order valence-corrected chi connectivity index (χ2v) is 3.94. The molecular formula is C12H16O2. The van der Waals surface area contributed by atoms with Gasteiger partial charge in [-0.25, -0.2) is 0 Å². The van der Waals surface area contributed by atoms with Crippen LogP contribution in [-0.4, -0.2) is 18.3 Å². The van der Waals surface area contributed by atoms with Gasteiger partial charge in [-0.1, -0.05) is 25.1 Å². The number of aliphatic hydroxyl groups is 1. The van der Waals surface area contributed by atoms with Crippen LogP contribution in [0, 0.1) is 5.92 Å². The van der Waals surface area contributed by atoms with Crippen LogP contribution in [0.2, 0.25) is 0 Å². The van der Waals surface area contributed by atoms with E-state index in [4.69, 9.17) is 4.74 Å². The predicted molar refractivity (Wildman–Crippen MR) is 55.5 cm³/mol. The first-order valence-corrected chi connectivity index (χ1v) is 5.15. The number of ether oxygens (including phenoxy) is 1. The van der Waals surface area contributed by atoms with Crippen molar-refractivity contribution in [3.63, 3.8) is 0 Å². The molecule has 2 atom stereocenters. The number of hydrogen-bond donors (Lipinski definition) is 1. The molecule has 1 heterocycles.